The fourth-order valence-electron chi connectivity index (χ4n) is 2.35. The molecule has 2 rings (SSSR count). The van der Waals surface area contributed by atoms with Crippen molar-refractivity contribution >= 4 is 11.6 Å². The van der Waals surface area contributed by atoms with Crippen LogP contribution in [0.1, 0.15) is 36.8 Å². The lowest BCUT2D eigenvalue weighted by molar-refractivity contribution is 0.108. The summed E-state index contributed by atoms with van der Waals surface area (Å²) in [4.78, 5) is 0. The van der Waals surface area contributed by atoms with Gasteiger partial charge in [0.25, 0.3) is 0 Å². The molecular weight excluding hydrogens is 246 g/mol. The van der Waals surface area contributed by atoms with Crippen molar-refractivity contribution in [3.05, 3.63) is 34.3 Å². The SMILES string of the molecule is Cc1ccc(COCCC2CCCCN2)c(Cl)c1. The van der Waals surface area contributed by atoms with E-state index in [1.54, 1.807) is 0 Å². The van der Waals surface area contributed by atoms with Gasteiger partial charge in [0, 0.05) is 17.7 Å². The van der Waals surface area contributed by atoms with Gasteiger partial charge in [-0.15, -0.1) is 0 Å². The molecule has 1 heterocycles. The molecule has 1 aromatic carbocycles. The zero-order valence-electron chi connectivity index (χ0n) is 11.0. The number of rotatable bonds is 5. The Labute approximate surface area is 115 Å². The molecule has 1 aromatic rings. The van der Waals surface area contributed by atoms with Crippen molar-refractivity contribution in [2.45, 2.75) is 45.3 Å². The minimum Gasteiger partial charge on any atom is -0.377 e. The molecule has 0 bridgehead atoms. The van der Waals surface area contributed by atoms with Crippen LogP contribution in [0.15, 0.2) is 18.2 Å². The first-order valence-corrected chi connectivity index (χ1v) is 7.19. The average molecular weight is 268 g/mol. The molecule has 1 aliphatic rings. The lowest BCUT2D eigenvalue weighted by atomic mass is 10.0. The number of hydrogen-bond acceptors (Lipinski definition) is 2. The standard InChI is InChI=1S/C15H22ClNO/c1-12-5-6-13(15(16)10-12)11-18-9-7-14-4-2-3-8-17-14/h5-6,10,14,17H,2-4,7-9,11H2,1H3. The second-order valence-electron chi connectivity index (χ2n) is 5.08. The maximum atomic E-state index is 6.16. The second kappa shape index (κ2) is 7.13. The van der Waals surface area contributed by atoms with Crippen molar-refractivity contribution in [1.82, 2.24) is 5.32 Å². The highest BCUT2D eigenvalue weighted by Crippen LogP contribution is 2.18. The van der Waals surface area contributed by atoms with Crippen LogP contribution in [0.5, 0.6) is 0 Å². The molecule has 1 fully saturated rings. The van der Waals surface area contributed by atoms with E-state index in [9.17, 15) is 0 Å². The van der Waals surface area contributed by atoms with E-state index in [0.29, 0.717) is 12.6 Å². The third-order valence-electron chi connectivity index (χ3n) is 3.49. The lowest BCUT2D eigenvalue weighted by Gasteiger charge is -2.23. The fraction of sp³-hybridized carbons (Fsp3) is 0.600. The molecular formula is C15H22ClNO. The number of ether oxygens (including phenoxy) is 1. The quantitative estimate of drug-likeness (QED) is 0.822. The van der Waals surface area contributed by atoms with E-state index in [4.69, 9.17) is 16.3 Å². The predicted octanol–water partition coefficient (Wildman–Crippen LogP) is 3.70. The summed E-state index contributed by atoms with van der Waals surface area (Å²) in [5.74, 6) is 0. The zero-order chi connectivity index (χ0) is 12.8. The summed E-state index contributed by atoms with van der Waals surface area (Å²) in [5, 5.41) is 4.34. The first-order valence-electron chi connectivity index (χ1n) is 6.82. The number of benzene rings is 1. The average Bonchev–Trinajstić information content (AvgIpc) is 2.38. The van der Waals surface area contributed by atoms with E-state index in [1.807, 2.05) is 13.0 Å². The van der Waals surface area contributed by atoms with Gasteiger partial charge in [-0.3, -0.25) is 0 Å². The summed E-state index contributed by atoms with van der Waals surface area (Å²) in [6.45, 7) is 4.63. The second-order valence-corrected chi connectivity index (χ2v) is 5.49. The number of aryl methyl sites for hydroxylation is 1. The van der Waals surface area contributed by atoms with Crippen LogP contribution in [-0.2, 0) is 11.3 Å². The van der Waals surface area contributed by atoms with Crippen LogP contribution in [0.25, 0.3) is 0 Å². The molecule has 1 atom stereocenters. The normalized spacial score (nSPS) is 20.0. The molecule has 0 aliphatic carbocycles. The topological polar surface area (TPSA) is 21.3 Å². The highest BCUT2D eigenvalue weighted by atomic mass is 35.5. The van der Waals surface area contributed by atoms with Crippen molar-refractivity contribution in [3.63, 3.8) is 0 Å². The Hall–Kier alpha value is -0.570. The first kappa shape index (κ1) is 13.9. The number of nitrogens with one attached hydrogen (secondary N) is 1. The molecule has 0 aromatic heterocycles. The Balaban J connectivity index is 1.68. The van der Waals surface area contributed by atoms with Gasteiger partial charge < -0.3 is 10.1 Å². The molecule has 0 amide bonds. The van der Waals surface area contributed by atoms with Crippen LogP contribution < -0.4 is 5.32 Å². The molecule has 18 heavy (non-hydrogen) atoms. The van der Waals surface area contributed by atoms with Gasteiger partial charge in [-0.2, -0.15) is 0 Å². The zero-order valence-corrected chi connectivity index (χ0v) is 11.8. The minimum atomic E-state index is 0.617. The van der Waals surface area contributed by atoms with E-state index >= 15 is 0 Å². The summed E-state index contributed by atoms with van der Waals surface area (Å²) in [5.41, 5.74) is 2.27. The van der Waals surface area contributed by atoms with Crippen LogP contribution in [0.3, 0.4) is 0 Å². The molecule has 0 saturated carbocycles. The van der Waals surface area contributed by atoms with Crippen molar-refractivity contribution in [1.29, 1.82) is 0 Å². The van der Waals surface area contributed by atoms with Gasteiger partial charge in [-0.25, -0.2) is 0 Å². The van der Waals surface area contributed by atoms with Gasteiger partial charge >= 0.3 is 0 Å². The van der Waals surface area contributed by atoms with Crippen LogP contribution in [0, 0.1) is 6.92 Å². The first-order chi connectivity index (χ1) is 8.75. The summed E-state index contributed by atoms with van der Waals surface area (Å²) >= 11 is 6.16. The number of hydrogen-bond donors (Lipinski definition) is 1. The third-order valence-corrected chi connectivity index (χ3v) is 3.84. The fourth-order valence-corrected chi connectivity index (χ4v) is 2.64. The third kappa shape index (κ3) is 4.27. The summed E-state index contributed by atoms with van der Waals surface area (Å²) < 4.78 is 5.72. The molecule has 3 heteroatoms. The molecule has 2 nitrogen and oxygen atoms in total. The van der Waals surface area contributed by atoms with Gasteiger partial charge in [0.15, 0.2) is 0 Å². The van der Waals surface area contributed by atoms with Crippen molar-refractivity contribution < 1.29 is 4.74 Å². The molecule has 100 valence electrons. The molecule has 0 spiro atoms. The van der Waals surface area contributed by atoms with Crippen molar-refractivity contribution in [2.24, 2.45) is 0 Å². The van der Waals surface area contributed by atoms with E-state index in [2.05, 4.69) is 17.4 Å². The number of piperidine rings is 1. The molecule has 1 N–H and O–H groups in total. The maximum absolute atomic E-state index is 6.16. The van der Waals surface area contributed by atoms with Crippen LogP contribution >= 0.6 is 11.6 Å². The van der Waals surface area contributed by atoms with Crippen LogP contribution in [-0.4, -0.2) is 19.2 Å². The highest BCUT2D eigenvalue weighted by Gasteiger charge is 2.11. The lowest BCUT2D eigenvalue weighted by Crippen LogP contribution is -2.34. The van der Waals surface area contributed by atoms with Gasteiger partial charge in [-0.1, -0.05) is 30.2 Å². The largest absolute Gasteiger partial charge is 0.377 e. The van der Waals surface area contributed by atoms with Gasteiger partial charge in [0.1, 0.15) is 0 Å². The molecule has 1 unspecified atom stereocenters. The summed E-state index contributed by atoms with van der Waals surface area (Å²) in [6, 6.07) is 6.76. The highest BCUT2D eigenvalue weighted by molar-refractivity contribution is 6.31. The van der Waals surface area contributed by atoms with E-state index in [0.717, 1.165) is 30.2 Å². The Morgan fingerprint density at radius 1 is 1.39 bits per heavy atom. The monoisotopic (exact) mass is 267 g/mol. The Morgan fingerprint density at radius 2 is 2.28 bits per heavy atom. The van der Waals surface area contributed by atoms with Gasteiger partial charge in [0.2, 0.25) is 0 Å². The summed E-state index contributed by atoms with van der Waals surface area (Å²) in [7, 11) is 0. The Morgan fingerprint density at radius 3 is 3.00 bits per heavy atom. The van der Waals surface area contributed by atoms with Crippen LogP contribution in [0.4, 0.5) is 0 Å². The summed E-state index contributed by atoms with van der Waals surface area (Å²) in [6.07, 6.45) is 5.05. The van der Waals surface area contributed by atoms with Gasteiger partial charge in [-0.05, 0) is 49.9 Å². The van der Waals surface area contributed by atoms with Crippen molar-refractivity contribution in [3.8, 4) is 0 Å². The molecule has 1 aliphatic heterocycles. The van der Waals surface area contributed by atoms with Crippen molar-refractivity contribution in [2.75, 3.05) is 13.2 Å². The number of halogens is 1. The molecule has 0 radical (unpaired) electrons. The smallest absolute Gasteiger partial charge is 0.0731 e. The van der Waals surface area contributed by atoms with E-state index in [-0.39, 0.29) is 0 Å². The maximum Gasteiger partial charge on any atom is 0.0731 e. The van der Waals surface area contributed by atoms with Gasteiger partial charge in [0.05, 0.1) is 6.61 Å². The predicted molar refractivity (Wildman–Crippen MR) is 76.1 cm³/mol. The van der Waals surface area contributed by atoms with Crippen LogP contribution in [0.2, 0.25) is 5.02 Å². The Bertz CT molecular complexity index is 375. The molecule has 1 saturated heterocycles. The Kier molecular flexibility index (Phi) is 5.48. The van der Waals surface area contributed by atoms with E-state index in [1.165, 1.54) is 24.8 Å². The van der Waals surface area contributed by atoms with E-state index < -0.39 is 0 Å². The minimum absolute atomic E-state index is 0.617.